The third-order valence-electron chi connectivity index (χ3n) is 4.04. The third-order valence-corrected chi connectivity index (χ3v) is 4.67. The molecule has 0 aliphatic rings. The second-order valence-electron chi connectivity index (χ2n) is 5.72. The first-order valence-corrected chi connectivity index (χ1v) is 8.53. The Hall–Kier alpha value is -2.90. The van der Waals surface area contributed by atoms with Crippen molar-refractivity contribution in [2.24, 2.45) is 0 Å². The highest BCUT2D eigenvalue weighted by Gasteiger charge is 2.26. The van der Waals surface area contributed by atoms with E-state index in [2.05, 4.69) is 10.5 Å². The number of aryl methyl sites for hydroxylation is 1. The molecule has 1 N–H and O–H groups in total. The minimum Gasteiger partial charge on any atom is -0.360 e. The van der Waals surface area contributed by atoms with Crippen molar-refractivity contribution in [2.45, 2.75) is 13.8 Å². The summed E-state index contributed by atoms with van der Waals surface area (Å²) in [7, 11) is 0. The van der Waals surface area contributed by atoms with Crippen molar-refractivity contribution in [3.05, 3.63) is 73.4 Å². The summed E-state index contributed by atoms with van der Waals surface area (Å²) in [5, 5.41) is 18.3. The highest BCUT2D eigenvalue weighted by Crippen LogP contribution is 2.37. The Balaban J connectivity index is 2.04. The van der Waals surface area contributed by atoms with Gasteiger partial charge in [0.1, 0.15) is 17.0 Å². The predicted molar refractivity (Wildman–Crippen MR) is 102 cm³/mol. The number of carbonyl (C=O) groups excluding carboxylic acids is 1. The van der Waals surface area contributed by atoms with Crippen LogP contribution in [0.3, 0.4) is 0 Å². The number of nitrogens with zero attached hydrogens (tertiary/aromatic N) is 2. The smallest absolute Gasteiger partial charge is 0.274 e. The lowest BCUT2D eigenvalue weighted by molar-refractivity contribution is -0.385. The number of nitrogens with one attached hydrogen (secondary N) is 1. The molecule has 138 valence electrons. The van der Waals surface area contributed by atoms with Crippen LogP contribution < -0.4 is 5.32 Å². The molecule has 0 atom stereocenters. The number of amides is 1. The fourth-order valence-corrected chi connectivity index (χ4v) is 3.25. The number of aromatic nitrogens is 1. The van der Waals surface area contributed by atoms with Crippen molar-refractivity contribution >= 4 is 40.5 Å². The van der Waals surface area contributed by atoms with Crippen molar-refractivity contribution in [1.29, 1.82) is 0 Å². The lowest BCUT2D eigenvalue weighted by Gasteiger charge is -2.10. The number of benzene rings is 2. The summed E-state index contributed by atoms with van der Waals surface area (Å²) < 4.78 is 5.17. The molecule has 0 saturated carbocycles. The van der Waals surface area contributed by atoms with E-state index in [1.807, 2.05) is 0 Å². The maximum atomic E-state index is 12.9. The van der Waals surface area contributed by atoms with E-state index in [1.54, 1.807) is 38.1 Å². The lowest BCUT2D eigenvalue weighted by atomic mass is 10.0. The van der Waals surface area contributed by atoms with E-state index >= 15 is 0 Å². The van der Waals surface area contributed by atoms with E-state index in [0.29, 0.717) is 26.9 Å². The second kappa shape index (κ2) is 7.38. The molecule has 9 heteroatoms. The van der Waals surface area contributed by atoms with Gasteiger partial charge in [-0.2, -0.15) is 0 Å². The average Bonchev–Trinajstić information content (AvgIpc) is 2.97. The highest BCUT2D eigenvalue weighted by atomic mass is 35.5. The molecule has 27 heavy (non-hydrogen) atoms. The zero-order valence-electron chi connectivity index (χ0n) is 14.2. The molecule has 7 nitrogen and oxygen atoms in total. The molecule has 2 aromatic carbocycles. The van der Waals surface area contributed by atoms with Crippen LogP contribution in [0.1, 0.15) is 21.7 Å². The van der Waals surface area contributed by atoms with Gasteiger partial charge in [-0.25, -0.2) is 0 Å². The van der Waals surface area contributed by atoms with Crippen molar-refractivity contribution in [2.75, 3.05) is 5.32 Å². The number of hydrogen-bond donors (Lipinski definition) is 1. The molecular weight excluding hydrogens is 393 g/mol. The topological polar surface area (TPSA) is 98.3 Å². The molecule has 0 spiro atoms. The SMILES string of the molecule is Cc1onc(-c2c(Cl)cccc2Cl)c1C(=O)Nc1cccc([N+](=O)[O-])c1C. The first-order valence-electron chi connectivity index (χ1n) is 7.77. The molecule has 1 amide bonds. The Labute approximate surface area is 164 Å². The minimum atomic E-state index is -0.539. The first-order chi connectivity index (χ1) is 12.8. The van der Waals surface area contributed by atoms with Gasteiger partial charge in [-0.15, -0.1) is 0 Å². The molecule has 1 heterocycles. The van der Waals surface area contributed by atoms with E-state index in [9.17, 15) is 14.9 Å². The molecule has 0 bridgehead atoms. The summed E-state index contributed by atoms with van der Waals surface area (Å²) >= 11 is 12.4. The first kappa shape index (κ1) is 18.9. The molecule has 0 saturated heterocycles. The number of hydrogen-bond acceptors (Lipinski definition) is 5. The molecular formula is C18H13Cl2N3O4. The second-order valence-corrected chi connectivity index (χ2v) is 6.53. The fourth-order valence-electron chi connectivity index (χ4n) is 2.68. The number of nitro benzene ring substituents is 1. The Bertz CT molecular complexity index is 1040. The number of nitro groups is 1. The van der Waals surface area contributed by atoms with E-state index in [0.717, 1.165) is 0 Å². The summed E-state index contributed by atoms with van der Waals surface area (Å²) in [6, 6.07) is 9.36. The third kappa shape index (κ3) is 3.51. The molecule has 0 radical (unpaired) electrons. The van der Waals surface area contributed by atoms with Gasteiger partial charge in [-0.05, 0) is 32.0 Å². The minimum absolute atomic E-state index is 0.0933. The maximum Gasteiger partial charge on any atom is 0.274 e. The molecule has 1 aromatic heterocycles. The molecule has 0 aliphatic heterocycles. The molecule has 0 fully saturated rings. The summed E-state index contributed by atoms with van der Waals surface area (Å²) in [6.45, 7) is 3.14. The van der Waals surface area contributed by atoms with Gasteiger partial charge in [-0.3, -0.25) is 14.9 Å². The van der Waals surface area contributed by atoms with Gasteiger partial charge >= 0.3 is 0 Å². The largest absolute Gasteiger partial charge is 0.360 e. The molecule has 0 aliphatic carbocycles. The van der Waals surface area contributed by atoms with Gasteiger partial charge in [0.05, 0.1) is 26.2 Å². The zero-order valence-corrected chi connectivity index (χ0v) is 15.8. The van der Waals surface area contributed by atoms with Gasteiger partial charge < -0.3 is 9.84 Å². The van der Waals surface area contributed by atoms with Gasteiger partial charge in [-0.1, -0.05) is 40.5 Å². The quantitative estimate of drug-likeness (QED) is 0.460. The lowest BCUT2D eigenvalue weighted by Crippen LogP contribution is -2.14. The molecule has 0 unspecified atom stereocenters. The van der Waals surface area contributed by atoms with Gasteiger partial charge in [0, 0.05) is 11.6 Å². The van der Waals surface area contributed by atoms with Crippen molar-refractivity contribution in [1.82, 2.24) is 5.16 Å². The number of anilines is 1. The van der Waals surface area contributed by atoms with E-state index < -0.39 is 10.8 Å². The number of carbonyl (C=O) groups is 1. The Kier molecular flexibility index (Phi) is 5.16. The van der Waals surface area contributed by atoms with Crippen LogP contribution in [0.4, 0.5) is 11.4 Å². The Morgan fingerprint density at radius 2 is 1.78 bits per heavy atom. The van der Waals surface area contributed by atoms with Crippen molar-refractivity contribution < 1.29 is 14.2 Å². The van der Waals surface area contributed by atoms with Crippen LogP contribution in [0.2, 0.25) is 10.0 Å². The van der Waals surface area contributed by atoms with Crippen LogP contribution in [0, 0.1) is 24.0 Å². The number of halogens is 2. The number of rotatable bonds is 4. The van der Waals surface area contributed by atoms with Crippen LogP contribution in [-0.2, 0) is 0 Å². The van der Waals surface area contributed by atoms with E-state index in [-0.39, 0.29) is 22.7 Å². The van der Waals surface area contributed by atoms with Crippen molar-refractivity contribution in [3.8, 4) is 11.3 Å². The normalized spacial score (nSPS) is 10.7. The molecule has 3 aromatic rings. The van der Waals surface area contributed by atoms with E-state index in [4.69, 9.17) is 27.7 Å². The Morgan fingerprint density at radius 3 is 2.41 bits per heavy atom. The predicted octanol–water partition coefficient (Wildman–Crippen LogP) is 5.43. The summed E-state index contributed by atoms with van der Waals surface area (Å²) in [5.41, 5.74) is 1.27. The van der Waals surface area contributed by atoms with Crippen molar-refractivity contribution in [3.63, 3.8) is 0 Å². The van der Waals surface area contributed by atoms with Crippen LogP contribution >= 0.6 is 23.2 Å². The van der Waals surface area contributed by atoms with Crippen LogP contribution in [0.15, 0.2) is 40.9 Å². The van der Waals surface area contributed by atoms with E-state index in [1.165, 1.54) is 12.1 Å². The van der Waals surface area contributed by atoms with Crippen LogP contribution in [-0.4, -0.2) is 16.0 Å². The van der Waals surface area contributed by atoms with Crippen LogP contribution in [0.25, 0.3) is 11.3 Å². The summed E-state index contributed by atoms with van der Waals surface area (Å²) in [5.74, 6) is -0.273. The highest BCUT2D eigenvalue weighted by molar-refractivity contribution is 6.39. The maximum absolute atomic E-state index is 12.9. The Morgan fingerprint density at radius 1 is 1.15 bits per heavy atom. The molecule has 3 rings (SSSR count). The standard InChI is InChI=1S/C18H13Cl2N3O4/c1-9-13(7-4-8-14(9)23(25)26)21-18(24)15-10(2)27-22-17(15)16-11(19)5-3-6-12(16)20/h3-8H,1-2H3,(H,21,24). The van der Waals surface area contributed by atoms with Crippen LogP contribution in [0.5, 0.6) is 0 Å². The fraction of sp³-hybridized carbons (Fsp3) is 0.111. The monoisotopic (exact) mass is 405 g/mol. The van der Waals surface area contributed by atoms with Gasteiger partial charge in [0.25, 0.3) is 11.6 Å². The van der Waals surface area contributed by atoms with Gasteiger partial charge in [0.2, 0.25) is 0 Å². The average molecular weight is 406 g/mol. The van der Waals surface area contributed by atoms with Gasteiger partial charge in [0.15, 0.2) is 0 Å². The zero-order chi connectivity index (χ0) is 19.7. The summed E-state index contributed by atoms with van der Waals surface area (Å²) in [6.07, 6.45) is 0. The summed E-state index contributed by atoms with van der Waals surface area (Å²) in [4.78, 5) is 23.5.